The first-order chi connectivity index (χ1) is 9.24. The second kappa shape index (κ2) is 4.84. The number of carbonyl (C=O) groups excluding carboxylic acids is 1. The minimum atomic E-state index is 0.142. The molecule has 3 rings (SSSR count). The van der Waals surface area contributed by atoms with Crippen molar-refractivity contribution < 1.29 is 4.79 Å². The summed E-state index contributed by atoms with van der Waals surface area (Å²) in [5, 5.41) is 0. The summed E-state index contributed by atoms with van der Waals surface area (Å²) in [5.74, 6) is 1.14. The van der Waals surface area contributed by atoms with Crippen LogP contribution in [0.3, 0.4) is 0 Å². The molecule has 0 atom stereocenters. The van der Waals surface area contributed by atoms with E-state index in [1.54, 1.807) is 18.6 Å². The third kappa shape index (κ3) is 2.36. The Balaban J connectivity index is 2.03. The lowest BCUT2D eigenvalue weighted by Gasteiger charge is -2.05. The molecule has 0 unspecified atom stereocenters. The summed E-state index contributed by atoms with van der Waals surface area (Å²) >= 11 is 0. The van der Waals surface area contributed by atoms with E-state index in [1.165, 1.54) is 0 Å². The second-order valence-corrected chi connectivity index (χ2v) is 4.77. The third-order valence-corrected chi connectivity index (χ3v) is 3.22. The fraction of sp³-hybridized carbons (Fsp3) is 0.357. The standard InChI is InChI=1S/C14H14N4O/c1-9-6-15-13(16-7-9)14-17-8-10-11(18-14)4-2-3-5-12(10)19/h6-8H,2-5H2,1H3. The van der Waals surface area contributed by atoms with E-state index in [1.807, 2.05) is 6.92 Å². The van der Waals surface area contributed by atoms with E-state index in [2.05, 4.69) is 19.9 Å². The number of Topliss-reactive ketones (excluding diaryl/α,β-unsaturated/α-hetero) is 1. The highest BCUT2D eigenvalue weighted by atomic mass is 16.1. The number of fused-ring (bicyclic) bond motifs is 1. The molecule has 1 aliphatic rings. The Morgan fingerprint density at radius 2 is 1.63 bits per heavy atom. The number of nitrogens with zero attached hydrogens (tertiary/aromatic N) is 4. The summed E-state index contributed by atoms with van der Waals surface area (Å²) in [7, 11) is 0. The normalized spacial score (nSPS) is 14.9. The molecule has 0 aliphatic heterocycles. The molecule has 2 aromatic heterocycles. The van der Waals surface area contributed by atoms with Crippen LogP contribution in [0.2, 0.25) is 0 Å². The van der Waals surface area contributed by atoms with Gasteiger partial charge in [0.25, 0.3) is 0 Å². The first-order valence-corrected chi connectivity index (χ1v) is 6.42. The minimum Gasteiger partial charge on any atom is -0.294 e. The minimum absolute atomic E-state index is 0.142. The molecule has 0 saturated carbocycles. The highest BCUT2D eigenvalue weighted by molar-refractivity contribution is 5.97. The SMILES string of the molecule is Cc1cnc(-c2ncc3c(n2)CCCCC3=O)nc1. The van der Waals surface area contributed by atoms with Gasteiger partial charge in [-0.1, -0.05) is 0 Å². The molecular weight excluding hydrogens is 240 g/mol. The summed E-state index contributed by atoms with van der Waals surface area (Å²) < 4.78 is 0. The quantitative estimate of drug-likeness (QED) is 0.729. The van der Waals surface area contributed by atoms with Gasteiger partial charge in [-0.25, -0.2) is 19.9 Å². The van der Waals surface area contributed by atoms with Crippen LogP contribution in [-0.4, -0.2) is 25.7 Å². The second-order valence-electron chi connectivity index (χ2n) is 4.77. The Labute approximate surface area is 111 Å². The van der Waals surface area contributed by atoms with Crippen LogP contribution < -0.4 is 0 Å². The summed E-state index contributed by atoms with van der Waals surface area (Å²) in [4.78, 5) is 29.0. The lowest BCUT2D eigenvalue weighted by molar-refractivity contribution is 0.0981. The van der Waals surface area contributed by atoms with Crippen molar-refractivity contribution in [2.45, 2.75) is 32.6 Å². The van der Waals surface area contributed by atoms with Gasteiger partial charge in [0.15, 0.2) is 17.4 Å². The average Bonchev–Trinajstić information content (AvgIpc) is 2.61. The molecule has 5 nitrogen and oxygen atoms in total. The Kier molecular flexibility index (Phi) is 3.03. The molecule has 5 heteroatoms. The van der Waals surface area contributed by atoms with Crippen molar-refractivity contribution in [1.82, 2.24) is 19.9 Å². The largest absolute Gasteiger partial charge is 0.294 e. The van der Waals surface area contributed by atoms with Crippen LogP contribution in [0.4, 0.5) is 0 Å². The van der Waals surface area contributed by atoms with Crippen LogP contribution >= 0.6 is 0 Å². The molecular formula is C14H14N4O. The number of rotatable bonds is 1. The molecule has 2 aromatic rings. The van der Waals surface area contributed by atoms with Gasteiger partial charge >= 0.3 is 0 Å². The predicted molar refractivity (Wildman–Crippen MR) is 69.7 cm³/mol. The number of hydrogen-bond donors (Lipinski definition) is 0. The first kappa shape index (κ1) is 11.9. The van der Waals surface area contributed by atoms with E-state index >= 15 is 0 Å². The highest BCUT2D eigenvalue weighted by Gasteiger charge is 2.18. The number of aromatic nitrogens is 4. The molecule has 96 valence electrons. The monoisotopic (exact) mass is 254 g/mol. The van der Waals surface area contributed by atoms with Gasteiger partial charge in [-0.2, -0.15) is 0 Å². The molecule has 0 aromatic carbocycles. The van der Waals surface area contributed by atoms with Crippen LogP contribution in [0, 0.1) is 6.92 Å². The number of ketones is 1. The van der Waals surface area contributed by atoms with Gasteiger partial charge in [-0.15, -0.1) is 0 Å². The van der Waals surface area contributed by atoms with E-state index in [9.17, 15) is 4.79 Å². The average molecular weight is 254 g/mol. The fourth-order valence-corrected chi connectivity index (χ4v) is 2.17. The molecule has 0 radical (unpaired) electrons. The van der Waals surface area contributed by atoms with Gasteiger partial charge in [0.1, 0.15) is 0 Å². The third-order valence-electron chi connectivity index (χ3n) is 3.22. The zero-order chi connectivity index (χ0) is 13.2. The summed E-state index contributed by atoms with van der Waals surface area (Å²) in [6, 6.07) is 0. The fourth-order valence-electron chi connectivity index (χ4n) is 2.17. The lowest BCUT2D eigenvalue weighted by atomic mass is 10.1. The molecule has 0 bridgehead atoms. The lowest BCUT2D eigenvalue weighted by Crippen LogP contribution is -2.06. The molecule has 19 heavy (non-hydrogen) atoms. The van der Waals surface area contributed by atoms with Crippen LogP contribution in [0.15, 0.2) is 18.6 Å². The molecule has 0 spiro atoms. The Morgan fingerprint density at radius 1 is 0.947 bits per heavy atom. The topological polar surface area (TPSA) is 68.6 Å². The Hall–Kier alpha value is -2.17. The van der Waals surface area contributed by atoms with Crippen molar-refractivity contribution in [1.29, 1.82) is 0 Å². The smallest absolute Gasteiger partial charge is 0.197 e. The molecule has 0 N–H and O–H groups in total. The van der Waals surface area contributed by atoms with Crippen molar-refractivity contribution in [2.75, 3.05) is 0 Å². The maximum Gasteiger partial charge on any atom is 0.197 e. The van der Waals surface area contributed by atoms with Gasteiger partial charge in [-0.3, -0.25) is 4.79 Å². The van der Waals surface area contributed by atoms with Crippen molar-refractivity contribution >= 4 is 5.78 Å². The number of aryl methyl sites for hydroxylation is 2. The van der Waals surface area contributed by atoms with Crippen LogP contribution in [0.5, 0.6) is 0 Å². The Morgan fingerprint density at radius 3 is 2.42 bits per heavy atom. The number of hydrogen-bond acceptors (Lipinski definition) is 5. The van der Waals surface area contributed by atoms with Crippen LogP contribution in [0.25, 0.3) is 11.6 Å². The van der Waals surface area contributed by atoms with Crippen molar-refractivity contribution in [3.8, 4) is 11.6 Å². The first-order valence-electron chi connectivity index (χ1n) is 6.42. The van der Waals surface area contributed by atoms with E-state index in [-0.39, 0.29) is 5.78 Å². The van der Waals surface area contributed by atoms with Crippen molar-refractivity contribution in [2.24, 2.45) is 0 Å². The Bertz CT molecular complexity index is 622. The van der Waals surface area contributed by atoms with E-state index in [0.29, 0.717) is 23.6 Å². The summed E-state index contributed by atoms with van der Waals surface area (Å²) in [6.07, 6.45) is 8.42. The summed E-state index contributed by atoms with van der Waals surface area (Å²) in [6.45, 7) is 1.93. The molecule has 0 saturated heterocycles. The van der Waals surface area contributed by atoms with E-state index in [0.717, 1.165) is 30.5 Å². The van der Waals surface area contributed by atoms with Crippen molar-refractivity contribution in [3.05, 3.63) is 35.4 Å². The van der Waals surface area contributed by atoms with Crippen LogP contribution in [-0.2, 0) is 6.42 Å². The molecule has 1 aliphatic carbocycles. The molecule has 2 heterocycles. The van der Waals surface area contributed by atoms with Crippen LogP contribution in [0.1, 0.15) is 40.9 Å². The van der Waals surface area contributed by atoms with Gasteiger partial charge in [0.05, 0.1) is 11.3 Å². The molecule has 0 fully saturated rings. The van der Waals surface area contributed by atoms with Gasteiger partial charge in [-0.05, 0) is 31.7 Å². The summed E-state index contributed by atoms with van der Waals surface area (Å²) in [5.41, 5.74) is 2.48. The van der Waals surface area contributed by atoms with E-state index in [4.69, 9.17) is 0 Å². The van der Waals surface area contributed by atoms with Crippen molar-refractivity contribution in [3.63, 3.8) is 0 Å². The zero-order valence-electron chi connectivity index (χ0n) is 10.8. The number of carbonyl (C=O) groups is 1. The predicted octanol–water partition coefficient (Wildman–Crippen LogP) is 2.15. The zero-order valence-corrected chi connectivity index (χ0v) is 10.8. The van der Waals surface area contributed by atoms with Gasteiger partial charge in [0.2, 0.25) is 0 Å². The van der Waals surface area contributed by atoms with E-state index < -0.39 is 0 Å². The molecule has 0 amide bonds. The maximum atomic E-state index is 11.9. The maximum absolute atomic E-state index is 11.9. The highest BCUT2D eigenvalue weighted by Crippen LogP contribution is 2.20. The van der Waals surface area contributed by atoms with Gasteiger partial charge in [0, 0.05) is 25.0 Å². The van der Waals surface area contributed by atoms with Gasteiger partial charge < -0.3 is 0 Å².